The summed E-state index contributed by atoms with van der Waals surface area (Å²) in [5.74, 6) is -0.945. The number of piperidine rings is 1. The number of carbonyl (C=O) groups excluding carboxylic acids is 3. The Hall–Kier alpha value is -3.57. The van der Waals surface area contributed by atoms with Crippen molar-refractivity contribution in [3.63, 3.8) is 0 Å². The van der Waals surface area contributed by atoms with Crippen molar-refractivity contribution >= 4 is 29.2 Å². The highest BCUT2D eigenvalue weighted by Crippen LogP contribution is 2.32. The van der Waals surface area contributed by atoms with E-state index >= 15 is 0 Å². The molecule has 1 spiro atoms. The molecule has 0 aromatic heterocycles. The molecule has 1 aromatic rings. The first-order valence-corrected chi connectivity index (χ1v) is 8.95. The molecule has 0 atom stereocenters. The molecule has 0 radical (unpaired) electrons. The summed E-state index contributed by atoms with van der Waals surface area (Å²) in [5, 5.41) is 24.8. The summed E-state index contributed by atoms with van der Waals surface area (Å²) in [4.78, 5) is 60.6. The summed E-state index contributed by atoms with van der Waals surface area (Å²) in [6.45, 7) is 3.69. The third-order valence-corrected chi connectivity index (χ3v) is 5.18. The number of urea groups is 1. The molecule has 154 valence electrons. The van der Waals surface area contributed by atoms with Crippen molar-refractivity contribution in [2.24, 2.45) is 0 Å². The third kappa shape index (κ3) is 3.48. The molecule has 0 saturated carbocycles. The van der Waals surface area contributed by atoms with Crippen LogP contribution in [0, 0.1) is 20.2 Å². The molecule has 0 unspecified atom stereocenters. The van der Waals surface area contributed by atoms with Gasteiger partial charge in [0.15, 0.2) is 0 Å². The highest BCUT2D eigenvalue weighted by atomic mass is 16.6. The van der Waals surface area contributed by atoms with E-state index in [9.17, 15) is 34.6 Å². The van der Waals surface area contributed by atoms with Gasteiger partial charge < -0.3 is 10.2 Å². The molecule has 2 aliphatic heterocycles. The molecule has 1 N–H and O–H groups in total. The molecule has 2 saturated heterocycles. The van der Waals surface area contributed by atoms with Crippen LogP contribution in [0.4, 0.5) is 16.2 Å². The van der Waals surface area contributed by atoms with Crippen LogP contribution in [0.15, 0.2) is 18.2 Å². The van der Waals surface area contributed by atoms with Crippen LogP contribution in [0.25, 0.3) is 0 Å². The Kier molecular flexibility index (Phi) is 4.95. The second-order valence-corrected chi connectivity index (χ2v) is 7.33. The van der Waals surface area contributed by atoms with Gasteiger partial charge in [-0.2, -0.15) is 0 Å². The topological polar surface area (TPSA) is 156 Å². The first-order valence-electron chi connectivity index (χ1n) is 8.95. The van der Waals surface area contributed by atoms with E-state index in [1.165, 1.54) is 4.90 Å². The number of nitro benzene ring substituents is 2. The number of nitrogens with zero attached hydrogens (tertiary/aromatic N) is 4. The Morgan fingerprint density at radius 2 is 1.59 bits per heavy atom. The Morgan fingerprint density at radius 1 is 1.07 bits per heavy atom. The van der Waals surface area contributed by atoms with Crippen LogP contribution >= 0.6 is 0 Å². The van der Waals surface area contributed by atoms with E-state index in [4.69, 9.17) is 0 Å². The predicted octanol–water partition coefficient (Wildman–Crippen LogP) is 1.44. The van der Waals surface area contributed by atoms with Gasteiger partial charge >= 0.3 is 6.03 Å². The van der Waals surface area contributed by atoms with Crippen molar-refractivity contribution in [2.45, 2.75) is 38.3 Å². The number of non-ortho nitro benzene ring substituents is 2. The first kappa shape index (κ1) is 20.2. The van der Waals surface area contributed by atoms with E-state index in [1.54, 1.807) is 13.8 Å². The van der Waals surface area contributed by atoms with E-state index in [2.05, 4.69) is 5.32 Å². The minimum Gasteiger partial charge on any atom is -0.338 e. The molecule has 12 heteroatoms. The van der Waals surface area contributed by atoms with Gasteiger partial charge in [0.1, 0.15) is 5.54 Å². The zero-order valence-electron chi connectivity index (χ0n) is 15.8. The number of carbonyl (C=O) groups is 3. The van der Waals surface area contributed by atoms with Gasteiger partial charge in [0.25, 0.3) is 23.2 Å². The molecule has 1 aromatic carbocycles. The summed E-state index contributed by atoms with van der Waals surface area (Å²) in [6.07, 6.45) is 0.368. The average molecular weight is 405 g/mol. The Bertz CT molecular complexity index is 888. The van der Waals surface area contributed by atoms with Gasteiger partial charge in [-0.05, 0) is 26.7 Å². The fraction of sp³-hybridized carbons (Fsp3) is 0.471. The number of rotatable bonds is 4. The van der Waals surface area contributed by atoms with Crippen LogP contribution in [0.1, 0.15) is 37.0 Å². The zero-order chi connectivity index (χ0) is 21.5. The zero-order valence-corrected chi connectivity index (χ0v) is 15.8. The van der Waals surface area contributed by atoms with Crippen molar-refractivity contribution in [1.29, 1.82) is 0 Å². The van der Waals surface area contributed by atoms with E-state index in [0.29, 0.717) is 0 Å². The van der Waals surface area contributed by atoms with Crippen LogP contribution in [0.2, 0.25) is 0 Å². The van der Waals surface area contributed by atoms with E-state index in [1.807, 2.05) is 0 Å². The fourth-order valence-corrected chi connectivity index (χ4v) is 3.65. The second kappa shape index (κ2) is 7.11. The molecular formula is C17H19N5O7. The molecule has 29 heavy (non-hydrogen) atoms. The normalized spacial score (nSPS) is 18.3. The lowest BCUT2D eigenvalue weighted by Crippen LogP contribution is -2.56. The van der Waals surface area contributed by atoms with Gasteiger partial charge in [-0.3, -0.25) is 34.7 Å². The van der Waals surface area contributed by atoms with Crippen LogP contribution in [-0.4, -0.2) is 62.2 Å². The standard InChI is InChI=1S/C17H19N5O7/c1-10(2)20-15(24)17(18-16(20)25)3-5-19(6-4-17)14(23)11-7-12(21(26)27)9-13(8-11)22(28)29/h7-10H,3-6H2,1-2H3,(H,18,25). The molecule has 2 fully saturated rings. The number of nitrogens with one attached hydrogen (secondary N) is 1. The number of imide groups is 1. The molecule has 4 amide bonds. The van der Waals surface area contributed by atoms with Crippen molar-refractivity contribution in [1.82, 2.24) is 15.1 Å². The summed E-state index contributed by atoms with van der Waals surface area (Å²) in [7, 11) is 0. The van der Waals surface area contributed by atoms with Gasteiger partial charge in [0.05, 0.1) is 21.5 Å². The molecule has 2 aliphatic rings. The number of benzene rings is 1. The maximum absolute atomic E-state index is 12.8. The van der Waals surface area contributed by atoms with Gasteiger partial charge in [-0.15, -0.1) is 0 Å². The Morgan fingerprint density at radius 3 is 2.00 bits per heavy atom. The molecule has 0 aliphatic carbocycles. The molecular weight excluding hydrogens is 386 g/mol. The molecule has 0 bridgehead atoms. The lowest BCUT2D eigenvalue weighted by Gasteiger charge is -2.37. The average Bonchev–Trinajstić information content (AvgIpc) is 2.90. The Labute approximate surface area is 164 Å². The maximum Gasteiger partial charge on any atom is 0.325 e. The SMILES string of the molecule is CC(C)N1C(=O)NC2(CCN(C(=O)c3cc([N+](=O)[O-])cc([N+](=O)[O-])c3)CC2)C1=O. The van der Waals surface area contributed by atoms with Crippen molar-refractivity contribution in [2.75, 3.05) is 13.1 Å². The number of likely N-dealkylation sites (tertiary alicyclic amines) is 1. The summed E-state index contributed by atoms with van der Waals surface area (Å²) in [6, 6.07) is 1.99. The highest BCUT2D eigenvalue weighted by molar-refractivity contribution is 6.07. The number of amides is 4. The summed E-state index contributed by atoms with van der Waals surface area (Å²) < 4.78 is 0. The van der Waals surface area contributed by atoms with E-state index in [0.717, 1.165) is 23.1 Å². The quantitative estimate of drug-likeness (QED) is 0.451. The smallest absolute Gasteiger partial charge is 0.325 e. The van der Waals surface area contributed by atoms with E-state index < -0.39 is 38.7 Å². The second-order valence-electron chi connectivity index (χ2n) is 7.33. The molecule has 2 heterocycles. The van der Waals surface area contributed by atoms with Crippen LogP contribution < -0.4 is 5.32 Å². The predicted molar refractivity (Wildman–Crippen MR) is 98.1 cm³/mol. The molecule has 3 rings (SSSR count). The largest absolute Gasteiger partial charge is 0.338 e. The van der Waals surface area contributed by atoms with Gasteiger partial charge in [0.2, 0.25) is 0 Å². The highest BCUT2D eigenvalue weighted by Gasteiger charge is 2.53. The number of hydrogen-bond acceptors (Lipinski definition) is 7. The van der Waals surface area contributed by atoms with Crippen LogP contribution in [0.5, 0.6) is 0 Å². The van der Waals surface area contributed by atoms with Crippen LogP contribution in [-0.2, 0) is 4.79 Å². The fourth-order valence-electron chi connectivity index (χ4n) is 3.65. The summed E-state index contributed by atoms with van der Waals surface area (Å²) >= 11 is 0. The first-order chi connectivity index (χ1) is 13.6. The monoisotopic (exact) mass is 405 g/mol. The summed E-state index contributed by atoms with van der Waals surface area (Å²) in [5.41, 5.74) is -2.36. The van der Waals surface area contributed by atoms with Gasteiger partial charge in [0, 0.05) is 31.3 Å². The maximum atomic E-state index is 12.8. The molecule has 12 nitrogen and oxygen atoms in total. The third-order valence-electron chi connectivity index (χ3n) is 5.18. The van der Waals surface area contributed by atoms with Crippen molar-refractivity contribution < 1.29 is 24.2 Å². The minimum absolute atomic E-state index is 0.118. The number of nitro groups is 2. The van der Waals surface area contributed by atoms with Crippen molar-refractivity contribution in [3.8, 4) is 0 Å². The minimum atomic E-state index is -1.08. The van der Waals surface area contributed by atoms with Crippen LogP contribution in [0.3, 0.4) is 0 Å². The van der Waals surface area contributed by atoms with E-state index in [-0.39, 0.29) is 43.4 Å². The lowest BCUT2D eigenvalue weighted by molar-refractivity contribution is -0.394. The van der Waals surface area contributed by atoms with Crippen molar-refractivity contribution in [3.05, 3.63) is 44.0 Å². The van der Waals surface area contributed by atoms with Gasteiger partial charge in [-0.25, -0.2) is 4.79 Å². The number of hydrogen-bond donors (Lipinski definition) is 1. The van der Waals surface area contributed by atoms with Gasteiger partial charge in [-0.1, -0.05) is 0 Å². The lowest BCUT2D eigenvalue weighted by atomic mass is 9.87. The Balaban J connectivity index is 1.79.